The molecule has 3 aromatic rings. The summed E-state index contributed by atoms with van der Waals surface area (Å²) in [5, 5.41) is 6.54. The Morgan fingerprint density at radius 2 is 1.74 bits per heavy atom. The molecule has 0 aliphatic rings. The predicted molar refractivity (Wildman–Crippen MR) is 134 cm³/mol. The van der Waals surface area contributed by atoms with Crippen LogP contribution in [0.1, 0.15) is 24.2 Å². The molecule has 1 aromatic heterocycles. The van der Waals surface area contributed by atoms with Gasteiger partial charge in [0.25, 0.3) is 0 Å². The molecule has 0 radical (unpaired) electrons. The Balaban J connectivity index is 1.81. The standard InChI is InChI=1S/C24H24Cl2N4O4/c1-6-19(31)29-16-9-7-8-13(2)23(16)30-24-27-11-15(12-28-24)34-14(3)20-21(25)17(32-4)10-18(33-5)22(20)26/h6-12,14H,1H2,2-5H3,(H,29,31)(H,27,28,30)/t14-/m1/s1. The number of carbonyl (C=O) groups excluding carboxylic acids is 1. The maximum atomic E-state index is 11.8. The van der Waals surface area contributed by atoms with Crippen molar-refractivity contribution in [2.24, 2.45) is 0 Å². The summed E-state index contributed by atoms with van der Waals surface area (Å²) < 4.78 is 16.6. The highest BCUT2D eigenvalue weighted by Gasteiger charge is 2.23. The molecule has 0 fully saturated rings. The number of aryl methyl sites for hydroxylation is 1. The van der Waals surface area contributed by atoms with Gasteiger partial charge in [-0.1, -0.05) is 41.9 Å². The summed E-state index contributed by atoms with van der Waals surface area (Å²) in [5.74, 6) is 1.24. The lowest BCUT2D eigenvalue weighted by molar-refractivity contribution is -0.111. The van der Waals surface area contributed by atoms with Crippen molar-refractivity contribution in [2.75, 3.05) is 24.9 Å². The molecule has 1 atom stereocenters. The molecule has 34 heavy (non-hydrogen) atoms. The Morgan fingerprint density at radius 3 is 2.29 bits per heavy atom. The molecule has 2 aromatic carbocycles. The average molecular weight is 503 g/mol. The molecule has 1 heterocycles. The number of methoxy groups -OCH3 is 2. The highest BCUT2D eigenvalue weighted by atomic mass is 35.5. The first kappa shape index (κ1) is 25.1. The summed E-state index contributed by atoms with van der Waals surface area (Å²) in [4.78, 5) is 20.4. The van der Waals surface area contributed by atoms with Crippen LogP contribution in [0.2, 0.25) is 10.0 Å². The summed E-state index contributed by atoms with van der Waals surface area (Å²) >= 11 is 12.9. The van der Waals surface area contributed by atoms with Crippen LogP contribution in [-0.2, 0) is 4.79 Å². The van der Waals surface area contributed by atoms with E-state index in [0.29, 0.717) is 50.2 Å². The van der Waals surface area contributed by atoms with Crippen molar-refractivity contribution in [2.45, 2.75) is 20.0 Å². The summed E-state index contributed by atoms with van der Waals surface area (Å²) in [6, 6.07) is 7.12. The maximum absolute atomic E-state index is 11.8. The first-order chi connectivity index (χ1) is 16.3. The van der Waals surface area contributed by atoms with Crippen LogP contribution < -0.4 is 24.8 Å². The van der Waals surface area contributed by atoms with Gasteiger partial charge in [-0.15, -0.1) is 0 Å². The second-order valence-corrected chi connectivity index (χ2v) is 7.90. The maximum Gasteiger partial charge on any atom is 0.247 e. The van der Waals surface area contributed by atoms with Crippen LogP contribution in [0.3, 0.4) is 0 Å². The van der Waals surface area contributed by atoms with E-state index in [1.807, 2.05) is 19.1 Å². The Hall–Kier alpha value is -3.49. The third kappa shape index (κ3) is 5.52. The number of nitrogens with one attached hydrogen (secondary N) is 2. The van der Waals surface area contributed by atoms with Crippen LogP contribution in [0.4, 0.5) is 17.3 Å². The van der Waals surface area contributed by atoms with Gasteiger partial charge in [-0.3, -0.25) is 4.79 Å². The van der Waals surface area contributed by atoms with Crippen molar-refractivity contribution in [1.29, 1.82) is 0 Å². The zero-order chi connectivity index (χ0) is 24.8. The summed E-state index contributed by atoms with van der Waals surface area (Å²) in [6.07, 6.45) is 3.69. The smallest absolute Gasteiger partial charge is 0.247 e. The zero-order valence-corrected chi connectivity index (χ0v) is 20.6. The van der Waals surface area contributed by atoms with Gasteiger partial charge in [0, 0.05) is 11.6 Å². The molecule has 0 spiro atoms. The fourth-order valence-electron chi connectivity index (χ4n) is 3.20. The van der Waals surface area contributed by atoms with Crippen LogP contribution in [-0.4, -0.2) is 30.1 Å². The number of anilines is 3. The minimum Gasteiger partial charge on any atom is -0.495 e. The van der Waals surface area contributed by atoms with Crippen molar-refractivity contribution in [3.05, 3.63) is 70.5 Å². The van der Waals surface area contributed by atoms with Gasteiger partial charge in [0.15, 0.2) is 5.75 Å². The van der Waals surface area contributed by atoms with E-state index >= 15 is 0 Å². The van der Waals surface area contributed by atoms with Crippen LogP contribution in [0.15, 0.2) is 49.3 Å². The van der Waals surface area contributed by atoms with Crippen molar-refractivity contribution >= 4 is 46.4 Å². The van der Waals surface area contributed by atoms with E-state index in [9.17, 15) is 4.79 Å². The van der Waals surface area contributed by atoms with E-state index in [1.54, 1.807) is 19.1 Å². The number of carbonyl (C=O) groups is 1. The summed E-state index contributed by atoms with van der Waals surface area (Å²) in [5.41, 5.74) is 2.67. The lowest BCUT2D eigenvalue weighted by atomic mass is 10.1. The molecule has 1 amide bonds. The molecule has 0 aliphatic carbocycles. The lowest BCUT2D eigenvalue weighted by Gasteiger charge is -2.20. The van der Waals surface area contributed by atoms with Crippen molar-refractivity contribution in [1.82, 2.24) is 9.97 Å². The van der Waals surface area contributed by atoms with Gasteiger partial charge in [0.2, 0.25) is 11.9 Å². The van der Waals surface area contributed by atoms with E-state index < -0.39 is 6.10 Å². The van der Waals surface area contributed by atoms with E-state index in [-0.39, 0.29) is 5.91 Å². The van der Waals surface area contributed by atoms with Gasteiger partial charge in [-0.25, -0.2) is 9.97 Å². The SMILES string of the molecule is C=CC(=O)Nc1cccc(C)c1Nc1ncc(O[C@H](C)c2c(Cl)c(OC)cc(OC)c2Cl)cn1. The van der Waals surface area contributed by atoms with E-state index in [0.717, 1.165) is 5.56 Å². The normalized spacial score (nSPS) is 11.4. The molecule has 10 heteroatoms. The van der Waals surface area contributed by atoms with E-state index in [4.69, 9.17) is 37.4 Å². The number of hydrogen-bond acceptors (Lipinski definition) is 7. The third-order valence-corrected chi connectivity index (χ3v) is 5.69. The van der Waals surface area contributed by atoms with Gasteiger partial charge in [-0.2, -0.15) is 0 Å². The Kier molecular flexibility index (Phi) is 8.20. The number of hydrogen-bond donors (Lipinski definition) is 2. The monoisotopic (exact) mass is 502 g/mol. The third-order valence-electron chi connectivity index (χ3n) is 4.91. The zero-order valence-electron chi connectivity index (χ0n) is 19.1. The van der Waals surface area contributed by atoms with Gasteiger partial charge in [0.05, 0.1) is 48.0 Å². The minimum absolute atomic E-state index is 0.321. The molecule has 0 saturated heterocycles. The number of para-hydroxylation sites is 1. The van der Waals surface area contributed by atoms with Crippen LogP contribution in [0, 0.1) is 6.92 Å². The quantitative estimate of drug-likeness (QED) is 0.340. The van der Waals surface area contributed by atoms with Crippen LogP contribution in [0.25, 0.3) is 0 Å². The van der Waals surface area contributed by atoms with Crippen molar-refractivity contribution < 1.29 is 19.0 Å². The van der Waals surface area contributed by atoms with E-state index in [1.165, 1.54) is 32.7 Å². The van der Waals surface area contributed by atoms with E-state index in [2.05, 4.69) is 27.2 Å². The minimum atomic E-state index is -0.552. The highest BCUT2D eigenvalue weighted by molar-refractivity contribution is 6.38. The molecular weight excluding hydrogens is 479 g/mol. The van der Waals surface area contributed by atoms with Gasteiger partial charge >= 0.3 is 0 Å². The molecule has 0 aliphatic heterocycles. The second-order valence-electron chi connectivity index (χ2n) is 7.14. The number of halogens is 2. The highest BCUT2D eigenvalue weighted by Crippen LogP contribution is 2.44. The fourth-order valence-corrected chi connectivity index (χ4v) is 4.01. The molecule has 3 rings (SSSR count). The molecule has 0 bridgehead atoms. The Bertz CT molecular complexity index is 1170. The molecule has 178 valence electrons. The molecule has 0 saturated carbocycles. The first-order valence-corrected chi connectivity index (χ1v) is 10.9. The second kappa shape index (κ2) is 11.1. The predicted octanol–water partition coefficient (Wildman–Crippen LogP) is 6.12. The van der Waals surface area contributed by atoms with Crippen LogP contribution in [0.5, 0.6) is 17.2 Å². The number of benzene rings is 2. The number of aromatic nitrogens is 2. The fraction of sp³-hybridized carbons (Fsp3) is 0.208. The summed E-state index contributed by atoms with van der Waals surface area (Å²) in [6.45, 7) is 7.17. The largest absolute Gasteiger partial charge is 0.495 e. The van der Waals surface area contributed by atoms with Crippen LogP contribution >= 0.6 is 23.2 Å². The van der Waals surface area contributed by atoms with Gasteiger partial charge in [-0.05, 0) is 31.6 Å². The van der Waals surface area contributed by atoms with Crippen molar-refractivity contribution in [3.8, 4) is 17.2 Å². The molecule has 2 N–H and O–H groups in total. The molecule has 8 nitrogen and oxygen atoms in total. The first-order valence-electron chi connectivity index (χ1n) is 10.2. The number of rotatable bonds is 9. The van der Waals surface area contributed by atoms with Gasteiger partial charge in [0.1, 0.15) is 17.6 Å². The molecule has 0 unspecified atom stereocenters. The Morgan fingerprint density at radius 1 is 1.12 bits per heavy atom. The lowest BCUT2D eigenvalue weighted by Crippen LogP contribution is -2.10. The molecular formula is C24H24Cl2N4O4. The average Bonchev–Trinajstić information content (AvgIpc) is 2.82. The van der Waals surface area contributed by atoms with Crippen molar-refractivity contribution in [3.63, 3.8) is 0 Å². The number of ether oxygens (including phenoxy) is 3. The Labute approximate surface area is 207 Å². The number of amides is 1. The van der Waals surface area contributed by atoms with Gasteiger partial charge < -0.3 is 24.8 Å². The topological polar surface area (TPSA) is 94.6 Å². The number of nitrogens with zero attached hydrogens (tertiary/aromatic N) is 2. The summed E-state index contributed by atoms with van der Waals surface area (Å²) in [7, 11) is 3.01.